The Morgan fingerprint density at radius 2 is 1.89 bits per heavy atom. The monoisotopic (exact) mass is 271 g/mol. The molecule has 3 heteroatoms. The molecule has 19 heavy (non-hydrogen) atoms. The number of nitrogens with one attached hydrogen (secondary N) is 1. The Bertz CT molecular complexity index is 239. The van der Waals surface area contributed by atoms with Gasteiger partial charge in [0.05, 0.1) is 12.7 Å². The van der Waals surface area contributed by atoms with Crippen LogP contribution in [-0.2, 0) is 4.74 Å². The third-order valence-electron chi connectivity index (χ3n) is 4.72. The lowest BCUT2D eigenvalue weighted by Crippen LogP contribution is -2.43. The molecule has 1 unspecified atom stereocenters. The van der Waals surface area contributed by atoms with Crippen LogP contribution in [0.2, 0.25) is 0 Å². The summed E-state index contributed by atoms with van der Waals surface area (Å²) in [5, 5.41) is 12.5. The maximum Gasteiger partial charge on any atom is 0.0610 e. The molecular weight excluding hydrogens is 238 g/mol. The summed E-state index contributed by atoms with van der Waals surface area (Å²) in [6.07, 6.45) is 8.71. The van der Waals surface area contributed by atoms with Crippen molar-refractivity contribution in [3.8, 4) is 0 Å². The summed E-state index contributed by atoms with van der Waals surface area (Å²) in [5.74, 6) is 0. The zero-order chi connectivity index (χ0) is 14.4. The molecule has 0 aromatic heterocycles. The van der Waals surface area contributed by atoms with Crippen molar-refractivity contribution in [3.05, 3.63) is 0 Å². The average Bonchev–Trinajstić information content (AvgIpc) is 2.40. The lowest BCUT2D eigenvalue weighted by atomic mass is 9.76. The molecule has 0 aliphatic heterocycles. The summed E-state index contributed by atoms with van der Waals surface area (Å²) in [5.41, 5.74) is 0.393. The maximum atomic E-state index is 9.30. The summed E-state index contributed by atoms with van der Waals surface area (Å²) >= 11 is 0. The zero-order valence-electron chi connectivity index (χ0n) is 13.3. The first-order valence-electron chi connectivity index (χ1n) is 7.82. The van der Waals surface area contributed by atoms with Crippen LogP contribution in [0.5, 0.6) is 0 Å². The van der Waals surface area contributed by atoms with Gasteiger partial charge in [-0.3, -0.25) is 0 Å². The number of ether oxygens (including phenoxy) is 1. The van der Waals surface area contributed by atoms with Gasteiger partial charge in [0, 0.05) is 12.1 Å². The molecule has 0 saturated heterocycles. The van der Waals surface area contributed by atoms with Crippen LogP contribution in [0.15, 0.2) is 0 Å². The molecule has 1 saturated carbocycles. The molecule has 0 amide bonds. The summed E-state index contributed by atoms with van der Waals surface area (Å²) in [7, 11) is 1.91. The van der Waals surface area contributed by atoms with Gasteiger partial charge in [0.1, 0.15) is 0 Å². The van der Waals surface area contributed by atoms with E-state index in [4.69, 9.17) is 4.74 Å². The Kier molecular flexibility index (Phi) is 6.78. The molecule has 0 aromatic carbocycles. The van der Waals surface area contributed by atoms with Crippen molar-refractivity contribution in [1.82, 2.24) is 5.32 Å². The highest BCUT2D eigenvalue weighted by Gasteiger charge is 2.27. The molecule has 114 valence electrons. The van der Waals surface area contributed by atoms with E-state index in [-0.39, 0.29) is 12.1 Å². The third kappa shape index (κ3) is 6.24. The minimum Gasteiger partial charge on any atom is -0.394 e. The molecule has 1 aliphatic carbocycles. The van der Waals surface area contributed by atoms with Gasteiger partial charge in [-0.2, -0.15) is 0 Å². The standard InChI is InChI=1S/C16H33NO2/c1-15(2)10-7-14(8-11-15)19-12-6-5-9-16(3,13-18)17-4/h14,17-18H,5-13H2,1-4H3. The van der Waals surface area contributed by atoms with E-state index in [1.54, 1.807) is 0 Å². The van der Waals surface area contributed by atoms with Gasteiger partial charge in [-0.25, -0.2) is 0 Å². The van der Waals surface area contributed by atoms with E-state index in [2.05, 4.69) is 26.1 Å². The van der Waals surface area contributed by atoms with Gasteiger partial charge in [-0.15, -0.1) is 0 Å². The van der Waals surface area contributed by atoms with Crippen LogP contribution >= 0.6 is 0 Å². The fourth-order valence-electron chi connectivity index (χ4n) is 2.69. The fraction of sp³-hybridized carbons (Fsp3) is 1.00. The first kappa shape index (κ1) is 16.9. The van der Waals surface area contributed by atoms with E-state index in [0.29, 0.717) is 11.5 Å². The van der Waals surface area contributed by atoms with Crippen LogP contribution in [0.3, 0.4) is 0 Å². The first-order valence-corrected chi connectivity index (χ1v) is 7.82. The normalized spacial score (nSPS) is 23.2. The lowest BCUT2D eigenvalue weighted by molar-refractivity contribution is 0.00203. The van der Waals surface area contributed by atoms with Crippen LogP contribution < -0.4 is 5.32 Å². The number of aliphatic hydroxyl groups is 1. The van der Waals surface area contributed by atoms with Crippen molar-refractivity contribution in [2.24, 2.45) is 5.41 Å². The Morgan fingerprint density at radius 3 is 2.42 bits per heavy atom. The molecule has 0 spiro atoms. The van der Waals surface area contributed by atoms with Crippen LogP contribution in [0, 0.1) is 5.41 Å². The van der Waals surface area contributed by atoms with Gasteiger partial charge < -0.3 is 15.2 Å². The second kappa shape index (κ2) is 7.61. The second-order valence-corrected chi connectivity index (χ2v) is 7.16. The van der Waals surface area contributed by atoms with Gasteiger partial charge >= 0.3 is 0 Å². The van der Waals surface area contributed by atoms with Crippen molar-refractivity contribution >= 4 is 0 Å². The molecule has 1 fully saturated rings. The van der Waals surface area contributed by atoms with Crippen LogP contribution in [0.25, 0.3) is 0 Å². The maximum absolute atomic E-state index is 9.30. The molecule has 0 heterocycles. The van der Waals surface area contributed by atoms with E-state index in [1.807, 2.05) is 7.05 Å². The molecule has 0 bridgehead atoms. The minimum atomic E-state index is -0.130. The smallest absolute Gasteiger partial charge is 0.0610 e. The highest BCUT2D eigenvalue weighted by Crippen LogP contribution is 2.36. The quantitative estimate of drug-likeness (QED) is 0.667. The van der Waals surface area contributed by atoms with E-state index < -0.39 is 0 Å². The number of aliphatic hydroxyl groups excluding tert-OH is 1. The topological polar surface area (TPSA) is 41.5 Å². The van der Waals surface area contributed by atoms with Gasteiger partial charge in [-0.05, 0) is 64.3 Å². The van der Waals surface area contributed by atoms with Crippen molar-refractivity contribution in [1.29, 1.82) is 0 Å². The summed E-state index contributed by atoms with van der Waals surface area (Å²) < 4.78 is 5.98. The largest absolute Gasteiger partial charge is 0.394 e. The molecule has 3 nitrogen and oxygen atoms in total. The molecular formula is C16H33NO2. The highest BCUT2D eigenvalue weighted by atomic mass is 16.5. The summed E-state index contributed by atoms with van der Waals surface area (Å²) in [6.45, 7) is 7.85. The third-order valence-corrected chi connectivity index (χ3v) is 4.72. The number of hydrogen-bond acceptors (Lipinski definition) is 3. The molecule has 0 aromatic rings. The predicted molar refractivity (Wildman–Crippen MR) is 80.4 cm³/mol. The molecule has 0 radical (unpaired) electrons. The van der Waals surface area contributed by atoms with E-state index in [9.17, 15) is 5.11 Å². The Morgan fingerprint density at radius 1 is 1.26 bits per heavy atom. The highest BCUT2D eigenvalue weighted by molar-refractivity contribution is 4.80. The van der Waals surface area contributed by atoms with Gasteiger partial charge in [0.2, 0.25) is 0 Å². The number of unbranched alkanes of at least 4 members (excludes halogenated alkanes) is 1. The van der Waals surface area contributed by atoms with E-state index >= 15 is 0 Å². The zero-order valence-corrected chi connectivity index (χ0v) is 13.3. The Hall–Kier alpha value is -0.120. The van der Waals surface area contributed by atoms with Crippen LogP contribution in [0.4, 0.5) is 0 Å². The van der Waals surface area contributed by atoms with Crippen molar-refractivity contribution < 1.29 is 9.84 Å². The first-order chi connectivity index (χ1) is 8.91. The van der Waals surface area contributed by atoms with Crippen molar-refractivity contribution in [2.75, 3.05) is 20.3 Å². The van der Waals surface area contributed by atoms with E-state index in [1.165, 1.54) is 25.7 Å². The Labute approximate surface area is 119 Å². The molecule has 2 N–H and O–H groups in total. The van der Waals surface area contributed by atoms with E-state index in [0.717, 1.165) is 25.9 Å². The SMILES string of the molecule is CNC(C)(CO)CCCCOC1CCC(C)(C)CC1. The average molecular weight is 271 g/mol. The predicted octanol–water partition coefficient (Wildman–Crippen LogP) is 3.11. The van der Waals surface area contributed by atoms with Gasteiger partial charge in [0.15, 0.2) is 0 Å². The summed E-state index contributed by atoms with van der Waals surface area (Å²) in [6, 6.07) is 0. The van der Waals surface area contributed by atoms with Crippen LogP contribution in [0.1, 0.15) is 65.7 Å². The molecule has 1 rings (SSSR count). The lowest BCUT2D eigenvalue weighted by Gasteiger charge is -2.34. The van der Waals surface area contributed by atoms with Gasteiger partial charge in [0.25, 0.3) is 0 Å². The number of rotatable bonds is 8. The summed E-state index contributed by atoms with van der Waals surface area (Å²) in [4.78, 5) is 0. The Balaban J connectivity index is 2.06. The number of likely N-dealkylation sites (N-methyl/N-ethyl adjacent to an activating group) is 1. The number of hydrogen-bond donors (Lipinski definition) is 2. The molecule has 1 atom stereocenters. The van der Waals surface area contributed by atoms with Crippen LogP contribution in [-0.4, -0.2) is 37.0 Å². The fourth-order valence-corrected chi connectivity index (χ4v) is 2.69. The minimum absolute atomic E-state index is 0.130. The van der Waals surface area contributed by atoms with Crippen molar-refractivity contribution in [3.63, 3.8) is 0 Å². The van der Waals surface area contributed by atoms with Gasteiger partial charge in [-0.1, -0.05) is 13.8 Å². The van der Waals surface area contributed by atoms with Crippen molar-refractivity contribution in [2.45, 2.75) is 77.4 Å². The molecule has 1 aliphatic rings. The second-order valence-electron chi connectivity index (χ2n) is 7.16.